The van der Waals surface area contributed by atoms with E-state index >= 15 is 0 Å². The smallest absolute Gasteiger partial charge is 0.291 e. The summed E-state index contributed by atoms with van der Waals surface area (Å²) >= 11 is 3.02. The molecule has 0 atom stereocenters. The molecule has 10 heteroatoms. The number of fused-ring (bicyclic) bond motifs is 1. The highest BCUT2D eigenvalue weighted by atomic mass is 32.2. The van der Waals surface area contributed by atoms with E-state index in [1.54, 1.807) is 24.3 Å². The molecule has 8 nitrogen and oxygen atoms in total. The fraction of sp³-hybridized carbons (Fsp3) is 0.143. The van der Waals surface area contributed by atoms with Crippen LogP contribution in [0, 0.1) is 6.92 Å². The van der Waals surface area contributed by atoms with Gasteiger partial charge in [-0.1, -0.05) is 41.3 Å². The van der Waals surface area contributed by atoms with Crippen LogP contribution in [-0.2, 0) is 10.5 Å². The lowest BCUT2D eigenvalue weighted by atomic mass is 10.1. The van der Waals surface area contributed by atoms with Crippen LogP contribution in [0.15, 0.2) is 57.3 Å². The van der Waals surface area contributed by atoms with E-state index in [1.807, 2.05) is 31.2 Å². The summed E-state index contributed by atoms with van der Waals surface area (Å²) in [7, 11) is 0. The zero-order valence-corrected chi connectivity index (χ0v) is 18.1. The van der Waals surface area contributed by atoms with Gasteiger partial charge in [0.1, 0.15) is 16.3 Å². The minimum atomic E-state index is -0.559. The summed E-state index contributed by atoms with van der Waals surface area (Å²) in [6, 6.07) is 14.2. The summed E-state index contributed by atoms with van der Waals surface area (Å²) in [5.41, 5.74) is 7.08. The second kappa shape index (κ2) is 9.19. The number of carbonyl (C=O) groups is 2. The molecule has 2 aromatic carbocycles. The number of para-hydroxylation sites is 1. The van der Waals surface area contributed by atoms with Gasteiger partial charge >= 0.3 is 0 Å². The predicted molar refractivity (Wildman–Crippen MR) is 120 cm³/mol. The number of anilines is 1. The number of benzene rings is 2. The molecule has 0 bridgehead atoms. The molecule has 0 unspecified atom stereocenters. The first-order chi connectivity index (χ1) is 15.0. The van der Waals surface area contributed by atoms with Gasteiger partial charge in [0.2, 0.25) is 0 Å². The number of ether oxygens (including phenoxy) is 1. The van der Waals surface area contributed by atoms with Gasteiger partial charge in [0.05, 0.1) is 0 Å². The zero-order valence-electron chi connectivity index (χ0n) is 16.5. The molecule has 31 heavy (non-hydrogen) atoms. The third kappa shape index (κ3) is 5.04. The van der Waals surface area contributed by atoms with Crippen molar-refractivity contribution in [3.05, 3.63) is 64.9 Å². The van der Waals surface area contributed by atoms with Crippen LogP contribution in [0.5, 0.6) is 5.75 Å². The Morgan fingerprint density at radius 1 is 1.16 bits per heavy atom. The highest BCUT2D eigenvalue weighted by Gasteiger charge is 2.21. The highest BCUT2D eigenvalue weighted by Crippen LogP contribution is 2.33. The molecule has 2 aromatic heterocycles. The van der Waals surface area contributed by atoms with E-state index in [-0.39, 0.29) is 18.3 Å². The third-order valence-electron chi connectivity index (χ3n) is 4.25. The quantitative estimate of drug-likeness (QED) is 0.386. The van der Waals surface area contributed by atoms with Crippen LogP contribution in [0.25, 0.3) is 11.0 Å². The van der Waals surface area contributed by atoms with Crippen molar-refractivity contribution in [3.63, 3.8) is 0 Å². The molecule has 4 rings (SSSR count). The van der Waals surface area contributed by atoms with Gasteiger partial charge < -0.3 is 20.2 Å². The number of carbonyl (C=O) groups excluding carboxylic acids is 2. The van der Waals surface area contributed by atoms with E-state index in [4.69, 9.17) is 14.9 Å². The van der Waals surface area contributed by atoms with Crippen LogP contribution in [-0.4, -0.2) is 28.6 Å². The molecule has 2 heterocycles. The number of aromatic nitrogens is 2. The SMILES string of the molecule is Cc1nnc(SCc2c(C(=O)Nc3ccc(OCC(N)=O)cc3)oc3ccccc23)s1. The molecule has 4 aromatic rings. The lowest BCUT2D eigenvalue weighted by molar-refractivity contribution is -0.119. The Kier molecular flexibility index (Phi) is 6.19. The molecule has 0 spiro atoms. The van der Waals surface area contributed by atoms with Gasteiger partial charge in [-0.15, -0.1) is 10.2 Å². The number of primary amides is 1. The number of amides is 2. The molecule has 0 aliphatic rings. The number of hydrogen-bond donors (Lipinski definition) is 2. The Morgan fingerprint density at radius 3 is 2.65 bits per heavy atom. The molecule has 0 fully saturated rings. The van der Waals surface area contributed by atoms with Crippen LogP contribution in [0.1, 0.15) is 21.1 Å². The molecule has 158 valence electrons. The van der Waals surface area contributed by atoms with Crippen LogP contribution in [0.3, 0.4) is 0 Å². The Bertz CT molecular complexity index is 1230. The highest BCUT2D eigenvalue weighted by molar-refractivity contribution is 8.00. The largest absolute Gasteiger partial charge is 0.484 e. The first-order valence-corrected chi connectivity index (χ1v) is 11.1. The zero-order chi connectivity index (χ0) is 21.8. The van der Waals surface area contributed by atoms with E-state index in [0.717, 1.165) is 20.3 Å². The van der Waals surface area contributed by atoms with Gasteiger partial charge in [-0.2, -0.15) is 0 Å². The predicted octanol–water partition coefficient (Wildman–Crippen LogP) is 4.00. The van der Waals surface area contributed by atoms with Crippen molar-refractivity contribution in [2.75, 3.05) is 11.9 Å². The van der Waals surface area contributed by atoms with Gasteiger partial charge in [0, 0.05) is 22.4 Å². The monoisotopic (exact) mass is 454 g/mol. The first kappa shape index (κ1) is 20.9. The third-order valence-corrected chi connectivity index (χ3v) is 6.24. The van der Waals surface area contributed by atoms with Gasteiger partial charge in [-0.05, 0) is 37.3 Å². The Hall–Kier alpha value is -3.37. The maximum absolute atomic E-state index is 13.0. The average molecular weight is 455 g/mol. The van der Waals surface area contributed by atoms with E-state index in [2.05, 4.69) is 15.5 Å². The maximum Gasteiger partial charge on any atom is 0.291 e. The van der Waals surface area contributed by atoms with Crippen LogP contribution in [0.2, 0.25) is 0 Å². The average Bonchev–Trinajstić information content (AvgIpc) is 3.35. The van der Waals surface area contributed by atoms with E-state index in [0.29, 0.717) is 22.8 Å². The van der Waals surface area contributed by atoms with Crippen molar-refractivity contribution < 1.29 is 18.7 Å². The Labute approximate surface area is 185 Å². The minimum absolute atomic E-state index is 0.208. The molecule has 0 saturated carbocycles. The molecular formula is C21H18N4O4S2. The molecule has 0 radical (unpaired) electrons. The van der Waals surface area contributed by atoms with E-state index < -0.39 is 5.91 Å². The van der Waals surface area contributed by atoms with E-state index in [1.165, 1.54) is 23.1 Å². The Balaban J connectivity index is 1.53. The first-order valence-electron chi connectivity index (χ1n) is 9.25. The second-order valence-corrected chi connectivity index (χ2v) is 8.92. The van der Waals surface area contributed by atoms with Gasteiger partial charge in [0.15, 0.2) is 16.7 Å². The summed E-state index contributed by atoms with van der Waals surface area (Å²) in [5.74, 6) is 0.338. The fourth-order valence-corrected chi connectivity index (χ4v) is 4.72. The van der Waals surface area contributed by atoms with Crippen molar-refractivity contribution >= 4 is 51.6 Å². The number of furan rings is 1. The molecule has 0 aliphatic carbocycles. The van der Waals surface area contributed by atoms with Crippen LogP contribution in [0.4, 0.5) is 5.69 Å². The molecule has 0 aliphatic heterocycles. The van der Waals surface area contributed by atoms with E-state index in [9.17, 15) is 9.59 Å². The van der Waals surface area contributed by atoms with Crippen molar-refractivity contribution in [3.8, 4) is 5.75 Å². The molecule has 2 amide bonds. The molecule has 0 saturated heterocycles. The lowest BCUT2D eigenvalue weighted by Crippen LogP contribution is -2.20. The second-order valence-electron chi connectivity index (χ2n) is 6.52. The summed E-state index contributed by atoms with van der Waals surface area (Å²) in [6.07, 6.45) is 0. The normalized spacial score (nSPS) is 10.9. The Morgan fingerprint density at radius 2 is 1.94 bits per heavy atom. The van der Waals surface area contributed by atoms with Crippen molar-refractivity contribution in [1.29, 1.82) is 0 Å². The molecular weight excluding hydrogens is 436 g/mol. The van der Waals surface area contributed by atoms with Crippen LogP contribution >= 0.6 is 23.1 Å². The maximum atomic E-state index is 13.0. The number of rotatable bonds is 8. The molecule has 3 N–H and O–H groups in total. The number of aryl methyl sites for hydroxylation is 1. The standard InChI is InChI=1S/C21H18N4O4S2/c1-12-24-25-21(31-12)30-11-16-15-4-2-3-5-17(15)29-19(16)20(27)23-13-6-8-14(9-7-13)28-10-18(22)26/h2-9H,10-11H2,1H3,(H2,22,26)(H,23,27). The number of nitrogens with two attached hydrogens (primary N) is 1. The summed E-state index contributed by atoms with van der Waals surface area (Å²) in [5, 5.41) is 12.8. The topological polar surface area (TPSA) is 120 Å². The van der Waals surface area contributed by atoms with Crippen molar-refractivity contribution in [1.82, 2.24) is 10.2 Å². The lowest BCUT2D eigenvalue weighted by Gasteiger charge is -2.07. The van der Waals surface area contributed by atoms with Crippen molar-refractivity contribution in [2.45, 2.75) is 17.0 Å². The van der Waals surface area contributed by atoms with Crippen molar-refractivity contribution in [2.24, 2.45) is 5.73 Å². The van der Waals surface area contributed by atoms with Gasteiger partial charge in [-0.3, -0.25) is 9.59 Å². The van der Waals surface area contributed by atoms with Gasteiger partial charge in [0.25, 0.3) is 11.8 Å². The number of nitrogens with zero attached hydrogens (tertiary/aromatic N) is 2. The number of thioether (sulfide) groups is 1. The summed E-state index contributed by atoms with van der Waals surface area (Å²) < 4.78 is 11.9. The summed E-state index contributed by atoms with van der Waals surface area (Å²) in [4.78, 5) is 23.8. The number of hydrogen-bond acceptors (Lipinski definition) is 8. The van der Waals surface area contributed by atoms with Crippen LogP contribution < -0.4 is 15.8 Å². The van der Waals surface area contributed by atoms with Gasteiger partial charge in [-0.25, -0.2) is 0 Å². The minimum Gasteiger partial charge on any atom is -0.484 e. The summed E-state index contributed by atoms with van der Waals surface area (Å²) in [6.45, 7) is 1.69. The number of nitrogens with one attached hydrogen (secondary N) is 1. The fourth-order valence-electron chi connectivity index (χ4n) is 2.87.